The Kier molecular flexibility index (Phi) is 5.90. The van der Waals surface area contributed by atoms with E-state index in [0.29, 0.717) is 21.6 Å². The van der Waals surface area contributed by atoms with Crippen molar-refractivity contribution in [2.45, 2.75) is 19.6 Å². The number of methoxy groups -OCH3 is 2. The zero-order chi connectivity index (χ0) is 24.6. The number of alkyl halides is 3. The molecule has 178 valence electrons. The lowest BCUT2D eigenvalue weighted by Gasteiger charge is -2.12. The van der Waals surface area contributed by atoms with Crippen LogP contribution in [-0.4, -0.2) is 44.5 Å². The molecule has 0 saturated heterocycles. The van der Waals surface area contributed by atoms with E-state index in [-0.39, 0.29) is 23.6 Å². The number of ether oxygens (including phenoxy) is 2. The van der Waals surface area contributed by atoms with Gasteiger partial charge >= 0.3 is 6.18 Å². The van der Waals surface area contributed by atoms with Crippen LogP contribution in [-0.2, 0) is 19.8 Å². The van der Waals surface area contributed by atoms with E-state index in [1.807, 2.05) is 0 Å². The van der Waals surface area contributed by atoms with Crippen molar-refractivity contribution in [1.82, 2.24) is 29.7 Å². The van der Waals surface area contributed by atoms with Gasteiger partial charge < -0.3 is 14.8 Å². The molecule has 1 N–H and O–H groups in total. The van der Waals surface area contributed by atoms with Crippen molar-refractivity contribution in [3.05, 3.63) is 59.2 Å². The average Bonchev–Trinajstić information content (AvgIpc) is 3.37. The van der Waals surface area contributed by atoms with E-state index >= 15 is 0 Å². The summed E-state index contributed by atoms with van der Waals surface area (Å²) in [7, 11) is 4.63. The van der Waals surface area contributed by atoms with Gasteiger partial charge in [0, 0.05) is 37.0 Å². The molecule has 3 aromatic heterocycles. The third-order valence-corrected chi connectivity index (χ3v) is 5.18. The van der Waals surface area contributed by atoms with Crippen LogP contribution in [0.4, 0.5) is 13.2 Å². The third kappa shape index (κ3) is 4.38. The summed E-state index contributed by atoms with van der Waals surface area (Å²) >= 11 is 0. The first-order chi connectivity index (χ1) is 16.1. The molecule has 0 aliphatic heterocycles. The molecular weight excluding hydrogens is 453 g/mol. The van der Waals surface area contributed by atoms with Crippen LogP contribution >= 0.6 is 0 Å². The number of benzene rings is 1. The minimum atomic E-state index is -4.74. The fraction of sp³-hybridized carbons (Fsp3) is 0.273. The Hall–Kier alpha value is -4.09. The molecular formula is C22H21F3N6O3. The molecule has 1 aromatic carbocycles. The van der Waals surface area contributed by atoms with E-state index in [1.54, 1.807) is 37.0 Å². The van der Waals surface area contributed by atoms with E-state index in [0.717, 1.165) is 17.3 Å². The number of carbonyl (C=O) groups is 1. The number of hydrogen-bond donors (Lipinski definition) is 1. The van der Waals surface area contributed by atoms with E-state index in [4.69, 9.17) is 9.47 Å². The molecule has 34 heavy (non-hydrogen) atoms. The van der Waals surface area contributed by atoms with Crippen LogP contribution in [0.1, 0.15) is 27.4 Å². The highest BCUT2D eigenvalue weighted by Crippen LogP contribution is 2.35. The molecule has 0 spiro atoms. The second kappa shape index (κ2) is 8.69. The molecule has 9 nitrogen and oxygen atoms in total. The van der Waals surface area contributed by atoms with Gasteiger partial charge in [0.25, 0.3) is 5.91 Å². The van der Waals surface area contributed by atoms with Crippen LogP contribution in [0.15, 0.2) is 36.5 Å². The monoisotopic (exact) mass is 474 g/mol. The summed E-state index contributed by atoms with van der Waals surface area (Å²) < 4.78 is 54.2. The number of aryl methyl sites for hydroxylation is 2. The first kappa shape index (κ1) is 23.1. The van der Waals surface area contributed by atoms with Gasteiger partial charge in [0.05, 0.1) is 25.6 Å². The Morgan fingerprint density at radius 2 is 1.82 bits per heavy atom. The predicted octanol–water partition coefficient (Wildman–Crippen LogP) is 3.40. The number of carbonyl (C=O) groups excluding carboxylic acids is 1. The topological polar surface area (TPSA) is 95.6 Å². The van der Waals surface area contributed by atoms with Gasteiger partial charge in [0.1, 0.15) is 0 Å². The molecule has 0 aliphatic carbocycles. The van der Waals surface area contributed by atoms with Gasteiger partial charge in [-0.3, -0.25) is 9.48 Å². The molecule has 1 amide bonds. The first-order valence-corrected chi connectivity index (χ1v) is 10.1. The molecule has 0 unspecified atom stereocenters. The summed E-state index contributed by atoms with van der Waals surface area (Å²) in [6.07, 6.45) is -2.99. The summed E-state index contributed by atoms with van der Waals surface area (Å²) in [6.45, 7) is 1.95. The van der Waals surface area contributed by atoms with Crippen LogP contribution in [0, 0.1) is 6.92 Å². The predicted molar refractivity (Wildman–Crippen MR) is 116 cm³/mol. The SMILES string of the molecule is COc1ccc(-c2cc(C(F)(F)F)n3nc(C(=O)NCc4cn(C)nc4C)cc3n2)cc1OC. The maximum absolute atomic E-state index is 13.9. The average molecular weight is 474 g/mol. The number of hydrogen-bond acceptors (Lipinski definition) is 6. The Morgan fingerprint density at radius 3 is 2.44 bits per heavy atom. The largest absolute Gasteiger partial charge is 0.493 e. The quantitative estimate of drug-likeness (QED) is 0.460. The molecule has 12 heteroatoms. The molecule has 0 atom stereocenters. The standard InChI is InChI=1S/C22H21F3N6O3/c1-12-14(11-30(2)28-12)10-26-21(32)16-9-20-27-15(8-19(22(23,24)25)31(20)29-16)13-5-6-17(33-3)18(7-13)34-4/h5-9,11H,10H2,1-4H3,(H,26,32). The van der Waals surface area contributed by atoms with Gasteiger partial charge in [0.2, 0.25) is 0 Å². The van der Waals surface area contributed by atoms with Crippen molar-refractivity contribution in [1.29, 1.82) is 0 Å². The summed E-state index contributed by atoms with van der Waals surface area (Å²) in [5, 5.41) is 10.7. The van der Waals surface area contributed by atoms with Gasteiger partial charge in [-0.2, -0.15) is 23.4 Å². The number of nitrogens with one attached hydrogen (secondary N) is 1. The second-order valence-electron chi connectivity index (χ2n) is 7.49. The van der Waals surface area contributed by atoms with Crippen LogP contribution in [0.3, 0.4) is 0 Å². The smallest absolute Gasteiger partial charge is 0.433 e. The molecule has 0 radical (unpaired) electrons. The summed E-state index contributed by atoms with van der Waals surface area (Å²) in [5.41, 5.74) is 0.558. The number of rotatable bonds is 6. The number of halogens is 3. The lowest BCUT2D eigenvalue weighted by atomic mass is 10.1. The van der Waals surface area contributed by atoms with Gasteiger partial charge in [-0.25, -0.2) is 9.50 Å². The zero-order valence-corrected chi connectivity index (χ0v) is 18.8. The highest BCUT2D eigenvalue weighted by Gasteiger charge is 2.35. The highest BCUT2D eigenvalue weighted by atomic mass is 19.4. The van der Waals surface area contributed by atoms with Gasteiger partial charge in [-0.05, 0) is 31.2 Å². The van der Waals surface area contributed by atoms with E-state index in [1.165, 1.54) is 26.4 Å². The molecule has 4 rings (SSSR count). The van der Waals surface area contributed by atoms with Crippen molar-refractivity contribution in [2.24, 2.45) is 7.05 Å². The minimum absolute atomic E-state index is 0.0404. The third-order valence-electron chi connectivity index (χ3n) is 5.18. The van der Waals surface area contributed by atoms with Crippen molar-refractivity contribution in [3.8, 4) is 22.8 Å². The molecule has 0 fully saturated rings. The van der Waals surface area contributed by atoms with Crippen molar-refractivity contribution in [3.63, 3.8) is 0 Å². The van der Waals surface area contributed by atoms with Gasteiger partial charge in [-0.15, -0.1) is 0 Å². The molecule has 4 aromatic rings. The number of aromatic nitrogens is 5. The van der Waals surface area contributed by atoms with E-state index in [9.17, 15) is 18.0 Å². The van der Waals surface area contributed by atoms with Crippen LogP contribution in [0.2, 0.25) is 0 Å². The Bertz CT molecular complexity index is 1380. The summed E-state index contributed by atoms with van der Waals surface area (Å²) in [5.74, 6) is 0.139. The number of nitrogens with zero attached hydrogens (tertiary/aromatic N) is 5. The van der Waals surface area contributed by atoms with Crippen LogP contribution in [0.5, 0.6) is 11.5 Å². The second-order valence-corrected chi connectivity index (χ2v) is 7.49. The van der Waals surface area contributed by atoms with Gasteiger partial charge in [-0.1, -0.05) is 0 Å². The van der Waals surface area contributed by atoms with Crippen molar-refractivity contribution >= 4 is 11.6 Å². The zero-order valence-electron chi connectivity index (χ0n) is 18.8. The van der Waals surface area contributed by atoms with Gasteiger partial charge in [0.15, 0.2) is 28.5 Å². The number of amides is 1. The molecule has 3 heterocycles. The Balaban J connectivity index is 1.72. The Labute approximate surface area is 192 Å². The lowest BCUT2D eigenvalue weighted by molar-refractivity contribution is -0.142. The Morgan fingerprint density at radius 1 is 1.09 bits per heavy atom. The summed E-state index contributed by atoms with van der Waals surface area (Å²) in [6, 6.07) is 6.76. The molecule has 0 bridgehead atoms. The van der Waals surface area contributed by atoms with E-state index in [2.05, 4.69) is 20.5 Å². The lowest BCUT2D eigenvalue weighted by Crippen LogP contribution is -2.23. The first-order valence-electron chi connectivity index (χ1n) is 10.1. The fourth-order valence-electron chi connectivity index (χ4n) is 3.52. The number of fused-ring (bicyclic) bond motifs is 1. The van der Waals surface area contributed by atoms with Crippen molar-refractivity contribution in [2.75, 3.05) is 14.2 Å². The van der Waals surface area contributed by atoms with E-state index < -0.39 is 17.8 Å². The van der Waals surface area contributed by atoms with Crippen molar-refractivity contribution < 1.29 is 27.4 Å². The maximum Gasteiger partial charge on any atom is 0.433 e. The van der Waals surface area contributed by atoms with Crippen LogP contribution < -0.4 is 14.8 Å². The summed E-state index contributed by atoms with van der Waals surface area (Å²) in [4.78, 5) is 16.9. The normalized spacial score (nSPS) is 11.6. The highest BCUT2D eigenvalue weighted by molar-refractivity contribution is 5.93. The maximum atomic E-state index is 13.9. The minimum Gasteiger partial charge on any atom is -0.493 e. The van der Waals surface area contributed by atoms with Crippen LogP contribution in [0.25, 0.3) is 16.9 Å². The fourth-order valence-corrected chi connectivity index (χ4v) is 3.52. The molecule has 0 saturated carbocycles. The molecule has 0 aliphatic rings.